The van der Waals surface area contributed by atoms with Crippen LogP contribution in [0, 0.1) is 5.92 Å². The minimum atomic E-state index is -0.258. The lowest BCUT2D eigenvalue weighted by Gasteiger charge is -2.13. The third-order valence-corrected chi connectivity index (χ3v) is 3.75. The third kappa shape index (κ3) is 2.48. The summed E-state index contributed by atoms with van der Waals surface area (Å²) in [4.78, 5) is 25.5. The first-order valence-electron chi connectivity index (χ1n) is 5.25. The molecule has 2 heterocycles. The highest BCUT2D eigenvalue weighted by Crippen LogP contribution is 2.17. The Bertz CT molecular complexity index is 389. The molecular weight excluding hydrogens is 224 g/mol. The quantitative estimate of drug-likeness (QED) is 0.787. The van der Waals surface area contributed by atoms with Gasteiger partial charge in [-0.2, -0.15) is 0 Å². The summed E-state index contributed by atoms with van der Waals surface area (Å²) in [6.45, 7) is 1.79. The van der Waals surface area contributed by atoms with Crippen molar-refractivity contribution in [2.45, 2.75) is 6.42 Å². The molecule has 1 amide bonds. The van der Waals surface area contributed by atoms with Gasteiger partial charge in [-0.1, -0.05) is 6.07 Å². The molecule has 5 heteroatoms. The normalized spacial score (nSPS) is 21.1. The molecule has 1 fully saturated rings. The Morgan fingerprint density at radius 1 is 1.56 bits per heavy atom. The summed E-state index contributed by atoms with van der Waals surface area (Å²) in [5.41, 5.74) is 5.24. The number of amides is 1. The Kier molecular flexibility index (Phi) is 3.36. The van der Waals surface area contributed by atoms with Crippen LogP contribution in [0.1, 0.15) is 16.1 Å². The molecule has 2 N–H and O–H groups in total. The average molecular weight is 238 g/mol. The van der Waals surface area contributed by atoms with Crippen molar-refractivity contribution < 1.29 is 9.59 Å². The van der Waals surface area contributed by atoms with Crippen LogP contribution >= 0.6 is 11.3 Å². The summed E-state index contributed by atoms with van der Waals surface area (Å²) in [6, 6.07) is 3.70. The number of ketones is 1. The molecule has 1 saturated heterocycles. The van der Waals surface area contributed by atoms with Crippen LogP contribution in [-0.2, 0) is 4.79 Å². The summed E-state index contributed by atoms with van der Waals surface area (Å²) in [5, 5.41) is 1.89. The number of hydrogen-bond donors (Lipinski definition) is 1. The lowest BCUT2D eigenvalue weighted by molar-refractivity contribution is -0.121. The van der Waals surface area contributed by atoms with Crippen molar-refractivity contribution in [1.82, 2.24) is 4.90 Å². The maximum atomic E-state index is 11.8. The molecule has 16 heavy (non-hydrogen) atoms. The Balaban J connectivity index is 1.88. The Morgan fingerprint density at radius 3 is 2.94 bits per heavy atom. The molecule has 0 aliphatic carbocycles. The molecule has 1 aliphatic rings. The number of carbonyl (C=O) groups is 2. The summed E-state index contributed by atoms with van der Waals surface area (Å²) in [7, 11) is 0. The van der Waals surface area contributed by atoms with Crippen molar-refractivity contribution in [2.24, 2.45) is 11.7 Å². The summed E-state index contributed by atoms with van der Waals surface area (Å²) in [6.07, 6.45) is 0.771. The van der Waals surface area contributed by atoms with Crippen LogP contribution in [0.5, 0.6) is 0 Å². The lowest BCUT2D eigenvalue weighted by Crippen LogP contribution is -2.30. The fourth-order valence-corrected chi connectivity index (χ4v) is 2.58. The molecule has 0 saturated carbocycles. The van der Waals surface area contributed by atoms with Gasteiger partial charge >= 0.3 is 0 Å². The fraction of sp³-hybridized carbons (Fsp3) is 0.455. The predicted molar refractivity (Wildman–Crippen MR) is 62.4 cm³/mol. The predicted octanol–water partition coefficient (Wildman–Crippen LogP) is 0.738. The van der Waals surface area contributed by atoms with Gasteiger partial charge in [0.1, 0.15) is 0 Å². The molecule has 1 aromatic rings. The van der Waals surface area contributed by atoms with Gasteiger partial charge in [-0.05, 0) is 24.4 Å². The van der Waals surface area contributed by atoms with Crippen LogP contribution in [0.3, 0.4) is 0 Å². The lowest BCUT2D eigenvalue weighted by atomic mass is 10.1. The number of Topliss-reactive ketones (excluding diaryl/α,β-unsaturated/α-hetero) is 1. The zero-order chi connectivity index (χ0) is 11.5. The SMILES string of the molecule is NC(=O)C1CCN(CC(=O)c2cccs2)C1. The summed E-state index contributed by atoms with van der Waals surface area (Å²) >= 11 is 1.45. The van der Waals surface area contributed by atoms with Crippen molar-refractivity contribution in [2.75, 3.05) is 19.6 Å². The molecule has 0 radical (unpaired) electrons. The molecule has 1 unspecified atom stereocenters. The van der Waals surface area contributed by atoms with E-state index in [0.717, 1.165) is 17.8 Å². The van der Waals surface area contributed by atoms with Crippen LogP contribution < -0.4 is 5.73 Å². The Labute approximate surface area is 98.0 Å². The number of hydrogen-bond acceptors (Lipinski definition) is 4. The van der Waals surface area contributed by atoms with Gasteiger partial charge in [0, 0.05) is 6.54 Å². The van der Waals surface area contributed by atoms with Gasteiger partial charge in [0.15, 0.2) is 5.78 Å². The second-order valence-electron chi connectivity index (χ2n) is 4.02. The molecule has 0 bridgehead atoms. The van der Waals surface area contributed by atoms with Gasteiger partial charge in [-0.3, -0.25) is 14.5 Å². The van der Waals surface area contributed by atoms with Gasteiger partial charge < -0.3 is 5.73 Å². The zero-order valence-electron chi connectivity index (χ0n) is 8.89. The summed E-state index contributed by atoms with van der Waals surface area (Å²) in [5.74, 6) is -0.220. The van der Waals surface area contributed by atoms with Crippen LogP contribution in [0.25, 0.3) is 0 Å². The van der Waals surface area contributed by atoms with E-state index in [1.165, 1.54) is 11.3 Å². The minimum absolute atomic E-state index is 0.0869. The smallest absolute Gasteiger partial charge is 0.221 e. The van der Waals surface area contributed by atoms with E-state index in [0.29, 0.717) is 13.1 Å². The Morgan fingerprint density at radius 2 is 2.38 bits per heavy atom. The largest absolute Gasteiger partial charge is 0.369 e. The first-order chi connectivity index (χ1) is 7.66. The van der Waals surface area contributed by atoms with Crippen LogP contribution in [0.2, 0.25) is 0 Å². The van der Waals surface area contributed by atoms with E-state index < -0.39 is 0 Å². The number of rotatable bonds is 4. The third-order valence-electron chi connectivity index (χ3n) is 2.84. The van der Waals surface area contributed by atoms with E-state index in [-0.39, 0.29) is 17.6 Å². The standard InChI is InChI=1S/C11H14N2O2S/c12-11(15)8-3-4-13(6-8)7-9(14)10-2-1-5-16-10/h1-2,5,8H,3-4,6-7H2,(H2,12,15). The minimum Gasteiger partial charge on any atom is -0.369 e. The molecule has 0 spiro atoms. The van der Waals surface area contributed by atoms with E-state index in [9.17, 15) is 9.59 Å². The van der Waals surface area contributed by atoms with Crippen molar-refractivity contribution in [3.63, 3.8) is 0 Å². The summed E-state index contributed by atoms with van der Waals surface area (Å²) < 4.78 is 0. The number of nitrogens with two attached hydrogens (primary N) is 1. The zero-order valence-corrected chi connectivity index (χ0v) is 9.70. The first kappa shape index (κ1) is 11.3. The van der Waals surface area contributed by atoms with Gasteiger partial charge in [0.05, 0.1) is 17.3 Å². The molecule has 1 aliphatic heterocycles. The molecule has 86 valence electrons. The number of primary amides is 1. The second-order valence-corrected chi connectivity index (χ2v) is 4.97. The number of thiophene rings is 1. The molecule has 2 rings (SSSR count). The van der Waals surface area contributed by atoms with Crippen LogP contribution in [-0.4, -0.2) is 36.2 Å². The molecule has 0 aromatic carbocycles. The second kappa shape index (κ2) is 4.76. The van der Waals surface area contributed by atoms with Gasteiger partial charge in [-0.15, -0.1) is 11.3 Å². The monoisotopic (exact) mass is 238 g/mol. The average Bonchev–Trinajstić information content (AvgIpc) is 2.87. The van der Waals surface area contributed by atoms with Crippen molar-refractivity contribution >= 4 is 23.0 Å². The number of carbonyl (C=O) groups excluding carboxylic acids is 2. The van der Waals surface area contributed by atoms with Gasteiger partial charge in [0.25, 0.3) is 0 Å². The maximum absolute atomic E-state index is 11.8. The Hall–Kier alpha value is -1.20. The highest BCUT2D eigenvalue weighted by molar-refractivity contribution is 7.12. The van der Waals surface area contributed by atoms with Gasteiger partial charge in [-0.25, -0.2) is 0 Å². The highest BCUT2D eigenvalue weighted by atomic mass is 32.1. The highest BCUT2D eigenvalue weighted by Gasteiger charge is 2.27. The van der Waals surface area contributed by atoms with Crippen molar-refractivity contribution in [1.29, 1.82) is 0 Å². The van der Waals surface area contributed by atoms with Crippen molar-refractivity contribution in [3.05, 3.63) is 22.4 Å². The van der Waals surface area contributed by atoms with Crippen molar-refractivity contribution in [3.8, 4) is 0 Å². The molecule has 1 aromatic heterocycles. The maximum Gasteiger partial charge on any atom is 0.221 e. The fourth-order valence-electron chi connectivity index (χ4n) is 1.93. The van der Waals surface area contributed by atoms with E-state index in [2.05, 4.69) is 0 Å². The first-order valence-corrected chi connectivity index (χ1v) is 6.13. The number of nitrogens with zero attached hydrogens (tertiary/aromatic N) is 1. The van der Waals surface area contributed by atoms with Crippen LogP contribution in [0.15, 0.2) is 17.5 Å². The van der Waals surface area contributed by atoms with E-state index in [4.69, 9.17) is 5.73 Å². The topological polar surface area (TPSA) is 63.4 Å². The molecule has 1 atom stereocenters. The van der Waals surface area contributed by atoms with Crippen LogP contribution in [0.4, 0.5) is 0 Å². The molecular formula is C11H14N2O2S. The van der Waals surface area contributed by atoms with E-state index in [1.807, 2.05) is 22.4 Å². The number of likely N-dealkylation sites (tertiary alicyclic amines) is 1. The van der Waals surface area contributed by atoms with E-state index in [1.54, 1.807) is 0 Å². The molecule has 4 nitrogen and oxygen atoms in total. The van der Waals surface area contributed by atoms with Gasteiger partial charge in [0.2, 0.25) is 5.91 Å². The van der Waals surface area contributed by atoms with E-state index >= 15 is 0 Å².